The average Bonchev–Trinajstić information content (AvgIpc) is 3.62. The molecule has 0 amide bonds. The van der Waals surface area contributed by atoms with Crippen molar-refractivity contribution in [3.8, 4) is 0 Å². The minimum Gasteiger partial charge on any atom is -0.184 e. The molecule has 2 radical (unpaired) electrons. The minimum absolute atomic E-state index is 0. The van der Waals surface area contributed by atoms with Crippen molar-refractivity contribution in [1.82, 2.24) is 0 Å². The Morgan fingerprint density at radius 2 is 0.917 bits per heavy atom. The number of rotatable bonds is 2. The van der Waals surface area contributed by atoms with Crippen molar-refractivity contribution >= 4 is 31.1 Å². The summed E-state index contributed by atoms with van der Waals surface area (Å²) in [4.78, 5) is 0. The van der Waals surface area contributed by atoms with Gasteiger partial charge in [0.1, 0.15) is 0 Å². The smallest absolute Gasteiger partial charge is 0.184 e. The zero-order valence-electron chi connectivity index (χ0n) is 21.3. The summed E-state index contributed by atoms with van der Waals surface area (Å²) < 4.78 is 0. The van der Waals surface area contributed by atoms with Gasteiger partial charge >= 0.3 is 26.2 Å². The van der Waals surface area contributed by atoms with Gasteiger partial charge in [-0.2, -0.15) is 108 Å². The van der Waals surface area contributed by atoms with Gasteiger partial charge in [-0.3, -0.25) is 0 Å². The van der Waals surface area contributed by atoms with Gasteiger partial charge in [0.25, 0.3) is 0 Å². The molecule has 0 saturated heterocycles. The van der Waals surface area contributed by atoms with E-state index in [2.05, 4.69) is 111 Å². The van der Waals surface area contributed by atoms with Crippen LogP contribution in [0.4, 0.5) is 0 Å². The first kappa shape index (κ1) is 31.2. The van der Waals surface area contributed by atoms with E-state index in [-0.39, 0.29) is 26.2 Å². The Balaban J connectivity index is 0.000000229. The molecule has 0 unspecified atom stereocenters. The summed E-state index contributed by atoms with van der Waals surface area (Å²) in [7, 11) is 1.20. The van der Waals surface area contributed by atoms with Crippen molar-refractivity contribution in [2.45, 2.75) is 25.9 Å². The molecule has 0 aliphatic carbocycles. The van der Waals surface area contributed by atoms with E-state index in [1.54, 1.807) is 0 Å². The molecule has 2 heteroatoms. The van der Waals surface area contributed by atoms with Crippen LogP contribution in [-0.2, 0) is 26.2 Å². The zero-order valence-corrected chi connectivity index (χ0v) is 24.7. The molecule has 0 atom stereocenters. The molecule has 36 heavy (non-hydrogen) atoms. The first-order chi connectivity index (χ1) is 17.3. The van der Waals surface area contributed by atoms with Crippen molar-refractivity contribution in [2.75, 3.05) is 0 Å². The molecule has 0 aliphatic rings. The average molecular weight is 562 g/mol. The van der Waals surface area contributed by atoms with Gasteiger partial charge in [-0.15, -0.1) is 59.3 Å². The maximum atomic E-state index is 2.89. The predicted octanol–water partition coefficient (Wildman–Crippen LogP) is 9.66. The molecule has 0 fully saturated rings. The van der Waals surface area contributed by atoms with Crippen LogP contribution in [0.5, 0.6) is 0 Å². The third-order valence-corrected chi connectivity index (χ3v) is 5.81. The molecule has 6 aromatic carbocycles. The molecule has 0 heterocycles. The zero-order chi connectivity index (χ0) is 24.8. The van der Waals surface area contributed by atoms with Gasteiger partial charge < -0.3 is 0 Å². The molecule has 178 valence electrons. The summed E-state index contributed by atoms with van der Waals surface area (Å²) in [6.45, 7) is 4.45. The summed E-state index contributed by atoms with van der Waals surface area (Å²) >= 11 is 0. The van der Waals surface area contributed by atoms with Gasteiger partial charge in [0, 0.05) is 9.52 Å². The molecular formula is C34H34SiZr. The van der Waals surface area contributed by atoms with E-state index in [1.807, 2.05) is 60.7 Å². The maximum Gasteiger partial charge on any atom is 4.00 e. The fourth-order valence-corrected chi connectivity index (χ4v) is 3.57. The first-order valence-corrected chi connectivity index (χ1v) is 13.5. The SMILES string of the molecule is CC[Si]CC.[Zr+4].[c-]1ccccc1.[c-]1ccccc1.c1ccc2[cH-]ccc2c1.c1ccc2[cH-]ccc2c1. The molecule has 6 aromatic rings. The van der Waals surface area contributed by atoms with Gasteiger partial charge in [0.05, 0.1) is 0 Å². The standard InChI is InChI=1S/2C9H7.2C6H5.C4H10Si.Zr/c2*1-2-5-9-7-3-6-8(9)4-1;2*1-2-4-6-5-3-1;1-3-5-4-2;/h2*1-7H;2*1-5H;3-4H2,1-2H3;/q4*-1;;+4. The van der Waals surface area contributed by atoms with E-state index >= 15 is 0 Å². The van der Waals surface area contributed by atoms with Gasteiger partial charge in [0.2, 0.25) is 0 Å². The normalized spacial score (nSPS) is 8.94. The largest absolute Gasteiger partial charge is 4.00 e. The molecule has 0 aliphatic heterocycles. The fourth-order valence-electron chi connectivity index (χ4n) is 3.07. The summed E-state index contributed by atoms with van der Waals surface area (Å²) in [5, 5.41) is 5.32. The number of benzene rings is 4. The topological polar surface area (TPSA) is 0 Å². The van der Waals surface area contributed by atoms with Crippen LogP contribution in [0.2, 0.25) is 12.1 Å². The van der Waals surface area contributed by atoms with Gasteiger partial charge in [-0.25, -0.2) is 0 Å². The Labute approximate surface area is 239 Å². The molecule has 0 saturated carbocycles. The van der Waals surface area contributed by atoms with Crippen molar-refractivity contribution in [3.05, 3.63) is 158 Å². The summed E-state index contributed by atoms with van der Waals surface area (Å²) in [5.41, 5.74) is 0. The van der Waals surface area contributed by atoms with Gasteiger partial charge in [-0.1, -0.05) is 38.1 Å². The van der Waals surface area contributed by atoms with Crippen molar-refractivity contribution < 1.29 is 26.2 Å². The number of hydrogen-bond acceptors (Lipinski definition) is 0. The van der Waals surface area contributed by atoms with Crippen LogP contribution in [0.3, 0.4) is 0 Å². The Hall–Kier alpha value is -2.80. The second kappa shape index (κ2) is 21.5. The molecule has 6 rings (SSSR count). The summed E-state index contributed by atoms with van der Waals surface area (Å²) in [6.07, 6.45) is 0. The van der Waals surface area contributed by atoms with Crippen molar-refractivity contribution in [1.29, 1.82) is 0 Å². The Morgan fingerprint density at radius 1 is 0.528 bits per heavy atom. The third kappa shape index (κ3) is 13.9. The Morgan fingerprint density at radius 3 is 1.17 bits per heavy atom. The van der Waals surface area contributed by atoms with E-state index in [9.17, 15) is 0 Å². The second-order valence-corrected chi connectivity index (χ2v) is 9.34. The van der Waals surface area contributed by atoms with Crippen LogP contribution in [0.1, 0.15) is 13.8 Å². The van der Waals surface area contributed by atoms with Crippen LogP contribution in [0, 0.1) is 12.1 Å². The van der Waals surface area contributed by atoms with E-state index in [1.165, 1.54) is 43.2 Å². The fraction of sp³-hybridized carbons (Fsp3) is 0.118. The van der Waals surface area contributed by atoms with E-state index in [0.29, 0.717) is 0 Å². The quantitative estimate of drug-likeness (QED) is 0.146. The summed E-state index contributed by atoms with van der Waals surface area (Å²) in [6, 6.07) is 57.1. The maximum absolute atomic E-state index is 2.89. The van der Waals surface area contributed by atoms with Gasteiger partial charge in [-0.05, 0) is 0 Å². The van der Waals surface area contributed by atoms with Crippen LogP contribution in [0.25, 0.3) is 21.5 Å². The van der Waals surface area contributed by atoms with Crippen LogP contribution in [0.15, 0.2) is 146 Å². The second-order valence-electron chi connectivity index (χ2n) is 7.42. The molecule has 0 spiro atoms. The van der Waals surface area contributed by atoms with Crippen molar-refractivity contribution in [2.24, 2.45) is 0 Å². The molecule has 0 aromatic heterocycles. The van der Waals surface area contributed by atoms with E-state index in [4.69, 9.17) is 0 Å². The Bertz CT molecular complexity index is 1030. The van der Waals surface area contributed by atoms with Gasteiger partial charge in [0.15, 0.2) is 0 Å². The molecule has 0 nitrogen and oxygen atoms in total. The third-order valence-electron chi connectivity index (χ3n) is 4.81. The van der Waals surface area contributed by atoms with Crippen LogP contribution < -0.4 is 0 Å². The monoisotopic (exact) mass is 560 g/mol. The Kier molecular flexibility index (Phi) is 18.6. The number of hydrogen-bond donors (Lipinski definition) is 0. The molecule has 0 bridgehead atoms. The number of fused-ring (bicyclic) bond motifs is 2. The first-order valence-electron chi connectivity index (χ1n) is 12.1. The van der Waals surface area contributed by atoms with E-state index < -0.39 is 0 Å². The minimum atomic E-state index is 0. The van der Waals surface area contributed by atoms with Crippen LogP contribution in [-0.4, -0.2) is 9.52 Å². The van der Waals surface area contributed by atoms with E-state index in [0.717, 1.165) is 0 Å². The molecular weight excluding hydrogens is 528 g/mol. The van der Waals surface area contributed by atoms with Crippen molar-refractivity contribution in [3.63, 3.8) is 0 Å². The molecule has 0 N–H and O–H groups in total. The van der Waals surface area contributed by atoms with Crippen LogP contribution >= 0.6 is 0 Å². The summed E-state index contributed by atoms with van der Waals surface area (Å²) in [5.74, 6) is 0. The predicted molar refractivity (Wildman–Crippen MR) is 156 cm³/mol.